The first-order chi connectivity index (χ1) is 9.12. The molecule has 0 saturated heterocycles. The summed E-state index contributed by atoms with van der Waals surface area (Å²) in [5, 5.41) is 18.6. The Labute approximate surface area is 111 Å². The van der Waals surface area contributed by atoms with E-state index < -0.39 is 0 Å². The molecule has 2 rings (SSSR count). The summed E-state index contributed by atoms with van der Waals surface area (Å²) in [7, 11) is 1.55. The molecule has 0 aliphatic heterocycles. The van der Waals surface area contributed by atoms with Crippen molar-refractivity contribution >= 4 is 0 Å². The van der Waals surface area contributed by atoms with Crippen molar-refractivity contribution in [3.05, 3.63) is 47.5 Å². The van der Waals surface area contributed by atoms with Gasteiger partial charge in [-0.15, -0.1) is 0 Å². The molecule has 0 amide bonds. The smallest absolute Gasteiger partial charge is 0.148 e. The highest BCUT2D eigenvalue weighted by molar-refractivity contribution is 5.50. The van der Waals surface area contributed by atoms with Crippen LogP contribution in [0.4, 0.5) is 0 Å². The molecule has 0 aliphatic rings. The summed E-state index contributed by atoms with van der Waals surface area (Å²) in [6, 6.07) is 11.9. The molecule has 19 heavy (non-hydrogen) atoms. The maximum atomic E-state index is 9.53. The molecular formula is C15H13NO3. The number of aromatic hydroxyl groups is 1. The summed E-state index contributed by atoms with van der Waals surface area (Å²) in [5.41, 5.74) is 1.28. The van der Waals surface area contributed by atoms with Crippen molar-refractivity contribution in [3.63, 3.8) is 0 Å². The lowest BCUT2D eigenvalue weighted by Crippen LogP contribution is -1.91. The van der Waals surface area contributed by atoms with E-state index in [1.54, 1.807) is 37.4 Å². The first-order valence-electron chi connectivity index (χ1n) is 5.69. The van der Waals surface area contributed by atoms with E-state index in [1.165, 1.54) is 6.07 Å². The fraction of sp³-hybridized carbons (Fsp3) is 0.133. The molecule has 0 radical (unpaired) electrons. The predicted octanol–water partition coefficient (Wildman–Crippen LogP) is 3.37. The number of ether oxygens (including phenoxy) is 2. The predicted molar refractivity (Wildman–Crippen MR) is 70.6 cm³/mol. The average Bonchev–Trinajstić information content (AvgIpc) is 2.37. The largest absolute Gasteiger partial charge is 0.508 e. The minimum absolute atomic E-state index is 0.122. The van der Waals surface area contributed by atoms with Crippen LogP contribution >= 0.6 is 0 Å². The lowest BCUT2D eigenvalue weighted by molar-refractivity contribution is 0.408. The quantitative estimate of drug-likeness (QED) is 0.913. The summed E-state index contributed by atoms with van der Waals surface area (Å²) in [6.07, 6.45) is 0. The number of benzene rings is 2. The van der Waals surface area contributed by atoms with Crippen LogP contribution in [-0.4, -0.2) is 12.2 Å². The second kappa shape index (κ2) is 5.32. The Morgan fingerprint density at radius 1 is 1.11 bits per heavy atom. The zero-order valence-electron chi connectivity index (χ0n) is 10.7. The van der Waals surface area contributed by atoms with Crippen molar-refractivity contribution < 1.29 is 14.6 Å². The van der Waals surface area contributed by atoms with Crippen molar-refractivity contribution in [2.24, 2.45) is 0 Å². The summed E-state index contributed by atoms with van der Waals surface area (Å²) < 4.78 is 10.7. The Hall–Kier alpha value is -2.67. The third kappa shape index (κ3) is 2.96. The standard InChI is InChI=1S/C15H13NO3/c1-10-5-12(17)7-14(6-10)19-15-8-13(18-2)4-3-11(15)9-16/h3-8,17H,1-2H3. The Morgan fingerprint density at radius 2 is 1.89 bits per heavy atom. The van der Waals surface area contributed by atoms with Gasteiger partial charge in [-0.1, -0.05) is 0 Å². The summed E-state index contributed by atoms with van der Waals surface area (Å²) in [6.45, 7) is 1.85. The van der Waals surface area contributed by atoms with Crippen LogP contribution < -0.4 is 9.47 Å². The van der Waals surface area contributed by atoms with E-state index >= 15 is 0 Å². The van der Waals surface area contributed by atoms with Crippen molar-refractivity contribution in [3.8, 4) is 29.1 Å². The fourth-order valence-electron chi connectivity index (χ4n) is 1.72. The topological polar surface area (TPSA) is 62.5 Å². The molecule has 0 spiro atoms. The van der Waals surface area contributed by atoms with Gasteiger partial charge in [0, 0.05) is 12.1 Å². The number of phenolic OH excluding ortho intramolecular Hbond substituents is 1. The zero-order valence-corrected chi connectivity index (χ0v) is 10.7. The molecule has 0 bridgehead atoms. The average molecular weight is 255 g/mol. The number of methoxy groups -OCH3 is 1. The molecule has 2 aromatic carbocycles. The highest BCUT2D eigenvalue weighted by Crippen LogP contribution is 2.31. The molecule has 0 atom stereocenters. The third-order valence-corrected chi connectivity index (χ3v) is 2.57. The normalized spacial score (nSPS) is 9.74. The highest BCUT2D eigenvalue weighted by Gasteiger charge is 2.08. The van der Waals surface area contributed by atoms with Crippen molar-refractivity contribution in [2.75, 3.05) is 7.11 Å². The molecule has 1 N–H and O–H groups in total. The maximum Gasteiger partial charge on any atom is 0.148 e. The van der Waals surface area contributed by atoms with Gasteiger partial charge in [0.05, 0.1) is 12.7 Å². The number of rotatable bonds is 3. The molecule has 2 aromatic rings. The van der Waals surface area contributed by atoms with Gasteiger partial charge in [-0.3, -0.25) is 0 Å². The Kier molecular flexibility index (Phi) is 3.58. The number of nitrogens with zero attached hydrogens (tertiary/aromatic N) is 1. The molecule has 0 aromatic heterocycles. The van der Waals surface area contributed by atoms with Crippen LogP contribution in [0, 0.1) is 18.3 Å². The van der Waals surface area contributed by atoms with E-state index in [2.05, 4.69) is 6.07 Å². The molecule has 4 nitrogen and oxygen atoms in total. The summed E-state index contributed by atoms with van der Waals surface area (Å²) >= 11 is 0. The van der Waals surface area contributed by atoms with E-state index in [0.717, 1.165) is 5.56 Å². The minimum atomic E-state index is 0.122. The number of hydrogen-bond donors (Lipinski definition) is 1. The van der Waals surface area contributed by atoms with Gasteiger partial charge >= 0.3 is 0 Å². The van der Waals surface area contributed by atoms with Gasteiger partial charge in [-0.2, -0.15) is 5.26 Å². The van der Waals surface area contributed by atoms with Crippen LogP contribution in [0.5, 0.6) is 23.0 Å². The second-order valence-electron chi connectivity index (χ2n) is 4.08. The molecule has 0 aliphatic carbocycles. The van der Waals surface area contributed by atoms with Gasteiger partial charge in [-0.25, -0.2) is 0 Å². The maximum absolute atomic E-state index is 9.53. The van der Waals surface area contributed by atoms with E-state index in [9.17, 15) is 5.11 Å². The lowest BCUT2D eigenvalue weighted by atomic mass is 10.2. The summed E-state index contributed by atoms with van der Waals surface area (Å²) in [4.78, 5) is 0. The monoisotopic (exact) mass is 255 g/mol. The molecule has 96 valence electrons. The van der Waals surface area contributed by atoms with Crippen molar-refractivity contribution in [1.82, 2.24) is 0 Å². The molecular weight excluding hydrogens is 242 g/mol. The third-order valence-electron chi connectivity index (χ3n) is 2.57. The minimum Gasteiger partial charge on any atom is -0.508 e. The second-order valence-corrected chi connectivity index (χ2v) is 4.08. The van der Waals surface area contributed by atoms with Crippen LogP contribution in [0.15, 0.2) is 36.4 Å². The number of phenols is 1. The molecule has 0 heterocycles. The SMILES string of the molecule is COc1ccc(C#N)c(Oc2cc(C)cc(O)c2)c1. The van der Waals surface area contributed by atoms with Crippen molar-refractivity contribution in [1.29, 1.82) is 5.26 Å². The molecule has 0 unspecified atom stereocenters. The highest BCUT2D eigenvalue weighted by atomic mass is 16.5. The zero-order chi connectivity index (χ0) is 13.8. The Bertz CT molecular complexity index is 624. The molecule has 0 fully saturated rings. The van der Waals surface area contributed by atoms with Crippen LogP contribution in [-0.2, 0) is 0 Å². The number of hydrogen-bond acceptors (Lipinski definition) is 4. The van der Waals surface area contributed by atoms with E-state index in [1.807, 2.05) is 6.92 Å². The van der Waals surface area contributed by atoms with Crippen LogP contribution in [0.2, 0.25) is 0 Å². The van der Waals surface area contributed by atoms with Gasteiger partial charge in [0.2, 0.25) is 0 Å². The fourth-order valence-corrected chi connectivity index (χ4v) is 1.72. The van der Waals surface area contributed by atoms with Crippen molar-refractivity contribution in [2.45, 2.75) is 6.92 Å². The van der Waals surface area contributed by atoms with E-state index in [4.69, 9.17) is 14.7 Å². The van der Waals surface area contributed by atoms with Gasteiger partial charge in [-0.05, 0) is 36.8 Å². The lowest BCUT2D eigenvalue weighted by Gasteiger charge is -2.10. The Balaban J connectivity index is 2.39. The molecule has 0 saturated carbocycles. The summed E-state index contributed by atoms with van der Waals surface area (Å²) in [5.74, 6) is 1.59. The first-order valence-corrected chi connectivity index (χ1v) is 5.69. The van der Waals surface area contributed by atoms with Gasteiger partial charge < -0.3 is 14.6 Å². The van der Waals surface area contributed by atoms with Crippen LogP contribution in [0.1, 0.15) is 11.1 Å². The van der Waals surface area contributed by atoms with E-state index in [0.29, 0.717) is 22.8 Å². The van der Waals surface area contributed by atoms with Crippen LogP contribution in [0.25, 0.3) is 0 Å². The van der Waals surface area contributed by atoms with Gasteiger partial charge in [0.1, 0.15) is 29.1 Å². The Morgan fingerprint density at radius 3 is 2.53 bits per heavy atom. The van der Waals surface area contributed by atoms with E-state index in [-0.39, 0.29) is 5.75 Å². The molecule has 4 heteroatoms. The van der Waals surface area contributed by atoms with Crippen LogP contribution in [0.3, 0.4) is 0 Å². The van der Waals surface area contributed by atoms with Gasteiger partial charge in [0.25, 0.3) is 0 Å². The first kappa shape index (κ1) is 12.8. The van der Waals surface area contributed by atoms with Gasteiger partial charge in [0.15, 0.2) is 0 Å². The number of nitriles is 1. The number of aryl methyl sites for hydroxylation is 1.